The fourth-order valence-corrected chi connectivity index (χ4v) is 2.69. The lowest BCUT2D eigenvalue weighted by atomic mass is 10.1. The number of carboxylic acid groups (broad SMARTS) is 1. The van der Waals surface area contributed by atoms with Gasteiger partial charge in [-0.15, -0.1) is 0 Å². The molecule has 0 fully saturated rings. The maximum absolute atomic E-state index is 13.7. The Hall–Kier alpha value is -3.44. The summed E-state index contributed by atoms with van der Waals surface area (Å²) in [7, 11) is 4.02. The van der Waals surface area contributed by atoms with Crippen molar-refractivity contribution in [1.82, 2.24) is 20.4 Å². The van der Waals surface area contributed by atoms with E-state index in [0.29, 0.717) is 5.75 Å². The van der Waals surface area contributed by atoms with E-state index in [2.05, 4.69) is 27.5 Å². The number of hydrogen-bond donors (Lipinski definition) is 3. The molecule has 0 amide bonds. The zero-order valence-corrected chi connectivity index (χ0v) is 18.0. The molecule has 2 aromatic carbocycles. The monoisotopic (exact) mass is 468 g/mol. The molecule has 3 rings (SSSR count). The number of hydrogen-bond acceptors (Lipinski definition) is 5. The van der Waals surface area contributed by atoms with E-state index in [1.165, 1.54) is 6.07 Å². The fourth-order valence-electron chi connectivity index (χ4n) is 2.69. The Kier molecular flexibility index (Phi) is 9.37. The second-order valence-corrected chi connectivity index (χ2v) is 6.96. The number of aromatic amines is 1. The van der Waals surface area contributed by atoms with E-state index >= 15 is 0 Å². The summed E-state index contributed by atoms with van der Waals surface area (Å²) < 4.78 is 51.0. The first-order valence-corrected chi connectivity index (χ1v) is 9.80. The van der Waals surface area contributed by atoms with Crippen LogP contribution in [0.25, 0.3) is 11.1 Å². The van der Waals surface area contributed by atoms with E-state index in [4.69, 9.17) is 14.6 Å². The maximum Gasteiger partial charge on any atom is 0.490 e. The minimum Gasteiger partial charge on any atom is -0.475 e. The van der Waals surface area contributed by atoms with Gasteiger partial charge in [0.2, 0.25) is 0 Å². The van der Waals surface area contributed by atoms with E-state index in [1.54, 1.807) is 18.2 Å². The van der Waals surface area contributed by atoms with Crippen LogP contribution in [-0.2, 0) is 11.3 Å². The van der Waals surface area contributed by atoms with Gasteiger partial charge in [-0.2, -0.15) is 18.3 Å². The molecule has 1 heterocycles. The third-order valence-corrected chi connectivity index (χ3v) is 4.36. The molecule has 33 heavy (non-hydrogen) atoms. The summed E-state index contributed by atoms with van der Waals surface area (Å²) in [4.78, 5) is 11.1. The lowest BCUT2D eigenvalue weighted by molar-refractivity contribution is -0.192. The van der Waals surface area contributed by atoms with Crippen LogP contribution in [0.3, 0.4) is 0 Å². The number of carboxylic acids is 1. The molecule has 178 valence electrons. The molecule has 0 saturated heterocycles. The van der Waals surface area contributed by atoms with Crippen LogP contribution in [-0.4, -0.2) is 59.5 Å². The van der Waals surface area contributed by atoms with Gasteiger partial charge in [0.05, 0.1) is 11.9 Å². The molecule has 0 spiro atoms. The van der Waals surface area contributed by atoms with E-state index in [1.807, 2.05) is 37.5 Å². The summed E-state index contributed by atoms with van der Waals surface area (Å²) in [5.41, 5.74) is 3.15. The highest BCUT2D eigenvalue weighted by Crippen LogP contribution is 2.28. The maximum atomic E-state index is 13.7. The van der Waals surface area contributed by atoms with Gasteiger partial charge < -0.3 is 15.2 Å². The summed E-state index contributed by atoms with van der Waals surface area (Å²) >= 11 is 0. The number of aliphatic carboxylic acids is 1. The fraction of sp³-hybridized carbons (Fsp3) is 0.273. The van der Waals surface area contributed by atoms with Crippen LogP contribution < -0.4 is 10.1 Å². The van der Waals surface area contributed by atoms with Gasteiger partial charge >= 0.3 is 12.1 Å². The number of alkyl halides is 3. The number of likely N-dealkylation sites (N-methyl/N-ethyl adjacent to an activating group) is 2. The van der Waals surface area contributed by atoms with Crippen molar-refractivity contribution in [1.29, 1.82) is 0 Å². The number of ether oxygens (including phenoxy) is 1. The molecule has 11 heteroatoms. The van der Waals surface area contributed by atoms with Crippen LogP contribution in [0.5, 0.6) is 11.5 Å². The Bertz CT molecular complexity index is 1020. The highest BCUT2D eigenvalue weighted by atomic mass is 19.4. The smallest absolute Gasteiger partial charge is 0.475 e. The summed E-state index contributed by atoms with van der Waals surface area (Å²) in [6, 6.07) is 14.0. The molecule has 0 aliphatic carbocycles. The van der Waals surface area contributed by atoms with Gasteiger partial charge in [0.15, 0.2) is 11.6 Å². The second kappa shape index (κ2) is 12.0. The van der Waals surface area contributed by atoms with Gasteiger partial charge in [0.25, 0.3) is 0 Å². The highest BCUT2D eigenvalue weighted by molar-refractivity contribution is 5.73. The molecule has 0 aliphatic rings. The Balaban J connectivity index is 0.000000479. The lowest BCUT2D eigenvalue weighted by Crippen LogP contribution is -2.27. The molecule has 0 aliphatic heterocycles. The molecular formula is C22H24F4N4O3. The van der Waals surface area contributed by atoms with Crippen molar-refractivity contribution in [3.05, 3.63) is 66.2 Å². The van der Waals surface area contributed by atoms with Crippen LogP contribution in [0.2, 0.25) is 0 Å². The van der Waals surface area contributed by atoms with E-state index in [0.717, 1.165) is 36.5 Å². The van der Waals surface area contributed by atoms with Crippen molar-refractivity contribution in [2.45, 2.75) is 12.7 Å². The van der Waals surface area contributed by atoms with Crippen molar-refractivity contribution < 1.29 is 32.2 Å². The summed E-state index contributed by atoms with van der Waals surface area (Å²) in [6.45, 7) is 2.66. The molecule has 3 N–H and O–H groups in total. The molecule has 0 saturated carbocycles. The predicted octanol–water partition coefficient (Wildman–Crippen LogP) is 4.29. The molecular weight excluding hydrogens is 444 g/mol. The SMILES string of the molecule is CNCCN(C)Cc1[nH]ncc1-c1ccc(Oc2ccccc2F)cc1.O=C(O)C(F)(F)F. The Labute approximate surface area is 188 Å². The van der Waals surface area contributed by atoms with Gasteiger partial charge in [-0.25, -0.2) is 9.18 Å². The first-order chi connectivity index (χ1) is 15.6. The van der Waals surface area contributed by atoms with Gasteiger partial charge in [0, 0.05) is 25.2 Å². The number of aromatic nitrogens is 2. The standard InChI is InChI=1S/C20H23FN4O.C2HF3O2/c1-22-11-12-25(2)14-19-17(13-23-24-19)15-7-9-16(10-8-15)26-20-6-4-3-5-18(20)21;3-2(4,5)1(6)7/h3-10,13,22H,11-12,14H2,1-2H3,(H,23,24);(H,6,7). The first kappa shape index (κ1) is 25.8. The van der Waals surface area contributed by atoms with Gasteiger partial charge in [-0.05, 0) is 43.9 Å². The van der Waals surface area contributed by atoms with Crippen molar-refractivity contribution in [2.75, 3.05) is 27.2 Å². The molecule has 7 nitrogen and oxygen atoms in total. The Morgan fingerprint density at radius 3 is 2.39 bits per heavy atom. The normalized spacial score (nSPS) is 11.1. The number of nitrogens with zero attached hydrogens (tertiary/aromatic N) is 2. The predicted molar refractivity (Wildman–Crippen MR) is 114 cm³/mol. The van der Waals surface area contributed by atoms with Gasteiger partial charge in [0.1, 0.15) is 5.75 Å². The van der Waals surface area contributed by atoms with Crippen LogP contribution in [0.15, 0.2) is 54.7 Å². The summed E-state index contributed by atoms with van der Waals surface area (Å²) in [5, 5.41) is 17.5. The Morgan fingerprint density at radius 2 is 1.82 bits per heavy atom. The molecule has 0 radical (unpaired) electrons. The number of nitrogens with one attached hydrogen (secondary N) is 2. The van der Waals surface area contributed by atoms with E-state index in [-0.39, 0.29) is 11.6 Å². The number of rotatable bonds is 8. The van der Waals surface area contributed by atoms with Crippen LogP contribution in [0.4, 0.5) is 17.6 Å². The molecule has 0 unspecified atom stereocenters. The molecule has 3 aromatic rings. The number of para-hydroxylation sites is 1. The molecule has 0 atom stereocenters. The number of H-pyrrole nitrogens is 1. The highest BCUT2D eigenvalue weighted by Gasteiger charge is 2.38. The quantitative estimate of drug-likeness (QED) is 0.428. The topological polar surface area (TPSA) is 90.5 Å². The van der Waals surface area contributed by atoms with Crippen LogP contribution >= 0.6 is 0 Å². The van der Waals surface area contributed by atoms with Crippen molar-refractivity contribution >= 4 is 5.97 Å². The minimum absolute atomic E-state index is 0.218. The van der Waals surface area contributed by atoms with E-state index in [9.17, 15) is 17.6 Å². The van der Waals surface area contributed by atoms with Crippen LogP contribution in [0, 0.1) is 5.82 Å². The summed E-state index contributed by atoms with van der Waals surface area (Å²) in [5.74, 6) is -2.32. The second-order valence-electron chi connectivity index (χ2n) is 6.96. The zero-order chi connectivity index (χ0) is 24.4. The summed E-state index contributed by atoms with van der Waals surface area (Å²) in [6.07, 6.45) is -3.26. The molecule has 0 bridgehead atoms. The zero-order valence-electron chi connectivity index (χ0n) is 18.0. The Morgan fingerprint density at radius 1 is 1.18 bits per heavy atom. The first-order valence-electron chi connectivity index (χ1n) is 9.80. The van der Waals surface area contributed by atoms with E-state index < -0.39 is 12.1 Å². The third-order valence-electron chi connectivity index (χ3n) is 4.36. The van der Waals surface area contributed by atoms with Crippen molar-refractivity contribution in [3.63, 3.8) is 0 Å². The van der Waals surface area contributed by atoms with Gasteiger partial charge in [-0.1, -0.05) is 24.3 Å². The van der Waals surface area contributed by atoms with Crippen LogP contribution in [0.1, 0.15) is 5.69 Å². The van der Waals surface area contributed by atoms with Crippen molar-refractivity contribution in [2.24, 2.45) is 0 Å². The average Bonchev–Trinajstić information content (AvgIpc) is 3.22. The third kappa shape index (κ3) is 8.20. The van der Waals surface area contributed by atoms with Crippen molar-refractivity contribution in [3.8, 4) is 22.6 Å². The lowest BCUT2D eigenvalue weighted by Gasteiger charge is -2.16. The molecule has 1 aromatic heterocycles. The minimum atomic E-state index is -5.08. The number of carbonyl (C=O) groups is 1. The largest absolute Gasteiger partial charge is 0.490 e. The average molecular weight is 468 g/mol. The number of halogens is 4. The number of benzene rings is 2. The van der Waals surface area contributed by atoms with Gasteiger partial charge in [-0.3, -0.25) is 10.00 Å².